The van der Waals surface area contributed by atoms with E-state index < -0.39 is 16.4 Å². The van der Waals surface area contributed by atoms with Crippen LogP contribution in [-0.2, 0) is 5.75 Å². The van der Waals surface area contributed by atoms with Gasteiger partial charge in [-0.15, -0.1) is 4.99 Å². The molecule has 1 rings (SSSR count). The second-order valence-electron chi connectivity index (χ2n) is 2.83. The molecule has 15 heavy (non-hydrogen) atoms. The maximum Gasteiger partial charge on any atom is 0.391 e. The predicted octanol–water partition coefficient (Wildman–Crippen LogP) is 0.762. The van der Waals surface area contributed by atoms with Crippen molar-refractivity contribution in [2.45, 2.75) is 19.6 Å². The smallest absolute Gasteiger partial charge is 0.391 e. The average Bonchev–Trinajstić information content (AvgIpc) is 2.40. The maximum absolute atomic E-state index is 11.0. The van der Waals surface area contributed by atoms with Crippen molar-refractivity contribution in [2.24, 2.45) is 16.5 Å². The summed E-state index contributed by atoms with van der Waals surface area (Å²) in [5.74, 6) is -0.421. The first-order valence-electron chi connectivity index (χ1n) is 4.30. The van der Waals surface area contributed by atoms with E-state index in [-0.39, 0.29) is 5.96 Å². The van der Waals surface area contributed by atoms with Crippen LogP contribution < -0.4 is 11.5 Å². The Morgan fingerprint density at radius 1 is 1.60 bits per heavy atom. The molecule has 0 radical (unpaired) electrons. The van der Waals surface area contributed by atoms with Gasteiger partial charge in [0, 0.05) is 10.5 Å². The van der Waals surface area contributed by atoms with Crippen LogP contribution in [-0.4, -0.2) is 22.0 Å². The summed E-state index contributed by atoms with van der Waals surface area (Å²) in [6.07, 6.45) is 0. The van der Waals surface area contributed by atoms with Gasteiger partial charge in [-0.2, -0.15) is 4.98 Å². The summed E-state index contributed by atoms with van der Waals surface area (Å²) < 4.78 is 0. The van der Waals surface area contributed by atoms with Crippen molar-refractivity contribution >= 4 is 27.5 Å². The molecule has 1 unspecified atom stereocenters. The number of carboxylic acid groups (broad SMARTS) is 1. The summed E-state index contributed by atoms with van der Waals surface area (Å²) >= 11 is 0. The van der Waals surface area contributed by atoms with Gasteiger partial charge in [-0.05, 0) is 13.8 Å². The quantitative estimate of drug-likeness (QED) is 0.402. The van der Waals surface area contributed by atoms with Gasteiger partial charge < -0.3 is 16.6 Å². The largest absolute Gasteiger partial charge is 0.474 e. The van der Waals surface area contributed by atoms with Gasteiger partial charge in [-0.1, -0.05) is 0 Å². The van der Waals surface area contributed by atoms with E-state index in [2.05, 4.69) is 9.98 Å². The molecule has 0 aliphatic rings. The van der Waals surface area contributed by atoms with Crippen molar-refractivity contribution in [3.63, 3.8) is 0 Å². The van der Waals surface area contributed by atoms with Crippen LogP contribution in [0.3, 0.4) is 0 Å². The highest BCUT2D eigenvalue weighted by atomic mass is 32.2. The van der Waals surface area contributed by atoms with Gasteiger partial charge in [-0.3, -0.25) is 0 Å². The molecule has 82 valence electrons. The third kappa shape index (κ3) is 2.24. The van der Waals surface area contributed by atoms with Crippen LogP contribution in [0.1, 0.15) is 22.3 Å². The summed E-state index contributed by atoms with van der Waals surface area (Å²) in [7, 11) is -0.608. The van der Waals surface area contributed by atoms with Crippen molar-refractivity contribution in [3.8, 4) is 0 Å². The second kappa shape index (κ2) is 4.26. The zero-order valence-corrected chi connectivity index (χ0v) is 9.34. The van der Waals surface area contributed by atoms with Crippen LogP contribution >= 0.6 is 10.5 Å². The van der Waals surface area contributed by atoms with E-state index in [0.29, 0.717) is 21.5 Å². The first kappa shape index (κ1) is 11.4. The Balaban J connectivity index is 3.37. The lowest BCUT2D eigenvalue weighted by atomic mass is 10.4. The average molecular weight is 229 g/mol. The molecule has 1 atom stereocenters. The number of rotatable bonds is 3. The third-order valence-electron chi connectivity index (χ3n) is 1.77. The minimum atomic E-state index is -0.956. The molecule has 1 aromatic rings. The van der Waals surface area contributed by atoms with Crippen molar-refractivity contribution < 1.29 is 9.90 Å². The number of aromatic carboxylic acids is 1. The van der Waals surface area contributed by atoms with E-state index in [1.807, 2.05) is 6.92 Å². The Kier molecular flexibility index (Phi) is 3.25. The summed E-state index contributed by atoms with van der Waals surface area (Å²) in [6, 6.07) is 0. The summed E-state index contributed by atoms with van der Waals surface area (Å²) in [4.78, 5) is 19.2. The van der Waals surface area contributed by atoms with Crippen LogP contribution in [0.5, 0.6) is 0 Å². The first-order valence-corrected chi connectivity index (χ1v) is 5.70. The fourth-order valence-corrected chi connectivity index (χ4v) is 3.05. The number of aromatic nitrogens is 1. The number of aryl methyl sites for hydroxylation is 1. The van der Waals surface area contributed by atoms with Crippen molar-refractivity contribution in [3.05, 3.63) is 10.6 Å². The number of carbonyl (C=O) groups is 1. The van der Waals surface area contributed by atoms with Gasteiger partial charge in [0.15, 0.2) is 5.96 Å². The Morgan fingerprint density at radius 3 is 2.60 bits per heavy atom. The fourth-order valence-electron chi connectivity index (χ4n) is 1.24. The number of guanidine groups is 1. The number of hydrogen-bond donors (Lipinski definition) is 3. The zero-order valence-electron chi connectivity index (χ0n) is 8.52. The SMILES string of the molecule is CC[s+]1c(N=C(N)N)nc(C)c1C(=O)O. The number of nitrogens with zero attached hydrogens (tertiary/aromatic N) is 2. The highest BCUT2D eigenvalue weighted by molar-refractivity contribution is 7.35. The Bertz CT molecular complexity index is 421. The molecular formula is C8H13N4O2S+. The Morgan fingerprint density at radius 2 is 2.20 bits per heavy atom. The predicted molar refractivity (Wildman–Crippen MR) is 59.6 cm³/mol. The van der Waals surface area contributed by atoms with Crippen LogP contribution in [0.4, 0.5) is 5.13 Å². The lowest BCUT2D eigenvalue weighted by Gasteiger charge is -1.88. The van der Waals surface area contributed by atoms with Crippen LogP contribution in [0.15, 0.2) is 4.99 Å². The molecule has 0 aromatic carbocycles. The molecule has 0 spiro atoms. The molecule has 0 aliphatic carbocycles. The third-order valence-corrected chi connectivity index (χ3v) is 3.93. The number of hydrogen-bond acceptors (Lipinski definition) is 3. The van der Waals surface area contributed by atoms with E-state index >= 15 is 0 Å². The molecular weight excluding hydrogens is 216 g/mol. The molecule has 1 heterocycles. The summed E-state index contributed by atoms with van der Waals surface area (Å²) in [5, 5.41) is 9.41. The van der Waals surface area contributed by atoms with E-state index in [1.54, 1.807) is 6.92 Å². The molecule has 0 saturated carbocycles. The van der Waals surface area contributed by atoms with E-state index in [9.17, 15) is 4.79 Å². The summed E-state index contributed by atoms with van der Waals surface area (Å²) in [6.45, 7) is 3.52. The normalized spacial score (nSPS) is 11.2. The van der Waals surface area contributed by atoms with Crippen LogP contribution in [0.2, 0.25) is 0 Å². The van der Waals surface area contributed by atoms with Crippen molar-refractivity contribution in [2.75, 3.05) is 0 Å². The fraction of sp³-hybridized carbons (Fsp3) is 0.375. The highest BCUT2D eigenvalue weighted by Crippen LogP contribution is 2.38. The highest BCUT2D eigenvalue weighted by Gasteiger charge is 2.30. The van der Waals surface area contributed by atoms with Gasteiger partial charge in [0.25, 0.3) is 4.88 Å². The number of thiazole rings is 1. The van der Waals surface area contributed by atoms with Gasteiger partial charge in [0.05, 0.1) is 0 Å². The topological polar surface area (TPSA) is 115 Å². The van der Waals surface area contributed by atoms with E-state index in [1.165, 1.54) is 0 Å². The molecule has 6 nitrogen and oxygen atoms in total. The van der Waals surface area contributed by atoms with Crippen LogP contribution in [0.25, 0.3) is 0 Å². The van der Waals surface area contributed by atoms with E-state index in [4.69, 9.17) is 16.6 Å². The minimum absolute atomic E-state index is 0.0980. The molecule has 1 aromatic heterocycles. The summed E-state index contributed by atoms with van der Waals surface area (Å²) in [5.41, 5.74) is 11.0. The van der Waals surface area contributed by atoms with Gasteiger partial charge >= 0.3 is 11.1 Å². The number of nitrogens with two attached hydrogens (primary N) is 2. The van der Waals surface area contributed by atoms with Gasteiger partial charge in [0.2, 0.25) is 0 Å². The monoisotopic (exact) mass is 229 g/mol. The Labute approximate surface area is 89.6 Å². The lowest BCUT2D eigenvalue weighted by molar-refractivity contribution is 0.0701. The molecule has 5 N–H and O–H groups in total. The minimum Gasteiger partial charge on any atom is -0.474 e. The molecule has 0 amide bonds. The van der Waals surface area contributed by atoms with Gasteiger partial charge in [0.1, 0.15) is 11.4 Å². The van der Waals surface area contributed by atoms with Gasteiger partial charge in [-0.25, -0.2) is 4.79 Å². The number of carboxylic acids is 1. The second-order valence-corrected chi connectivity index (χ2v) is 4.96. The molecule has 7 heteroatoms. The standard InChI is InChI=1S/C8H12N4O2S/c1-3-15-5(6(13)14)4(2)11-8(15)12-7(9)10/h3H2,1-2H3,(H4-,9,10,11,12,13,14)/p+1. The van der Waals surface area contributed by atoms with Crippen LogP contribution in [0, 0.1) is 6.92 Å². The maximum atomic E-state index is 11.0. The Hall–Kier alpha value is -1.63. The first-order chi connectivity index (χ1) is 6.97. The van der Waals surface area contributed by atoms with E-state index in [0.717, 1.165) is 0 Å². The molecule has 0 aliphatic heterocycles. The molecule has 0 saturated heterocycles. The van der Waals surface area contributed by atoms with Crippen molar-refractivity contribution in [1.29, 1.82) is 0 Å². The molecule has 0 fully saturated rings. The lowest BCUT2D eigenvalue weighted by Crippen LogP contribution is -2.21. The van der Waals surface area contributed by atoms with Crippen molar-refractivity contribution in [1.82, 2.24) is 4.98 Å². The number of aliphatic imine (C=N–C) groups is 1. The zero-order chi connectivity index (χ0) is 11.6. The molecule has 0 bridgehead atoms.